The Morgan fingerprint density at radius 3 is 2.77 bits per heavy atom. The molecule has 0 spiro atoms. The number of amides is 1. The zero-order valence-electron chi connectivity index (χ0n) is 15.0. The highest BCUT2D eigenvalue weighted by molar-refractivity contribution is 5.77. The number of hydrogen-bond donors (Lipinski definition) is 0. The lowest BCUT2D eigenvalue weighted by Gasteiger charge is -2.23. The van der Waals surface area contributed by atoms with E-state index in [0.29, 0.717) is 12.8 Å². The van der Waals surface area contributed by atoms with Crippen molar-refractivity contribution < 1.29 is 4.79 Å². The highest BCUT2D eigenvalue weighted by Gasteiger charge is 2.30. The van der Waals surface area contributed by atoms with E-state index in [-0.39, 0.29) is 11.9 Å². The van der Waals surface area contributed by atoms with Crippen molar-refractivity contribution in [3.8, 4) is 5.69 Å². The van der Waals surface area contributed by atoms with Crippen LogP contribution in [0.15, 0.2) is 55.1 Å². The van der Waals surface area contributed by atoms with Gasteiger partial charge in [-0.25, -0.2) is 4.68 Å². The van der Waals surface area contributed by atoms with Gasteiger partial charge in [0.1, 0.15) is 0 Å². The Morgan fingerprint density at radius 2 is 2.00 bits per heavy atom. The average molecular weight is 349 g/mol. The Balaban J connectivity index is 1.39. The summed E-state index contributed by atoms with van der Waals surface area (Å²) in [4.78, 5) is 14.8. The van der Waals surface area contributed by atoms with Gasteiger partial charge in [-0.15, -0.1) is 0 Å². The van der Waals surface area contributed by atoms with Crippen LogP contribution in [0.4, 0.5) is 0 Å². The van der Waals surface area contributed by atoms with Crippen molar-refractivity contribution in [1.82, 2.24) is 24.5 Å². The summed E-state index contributed by atoms with van der Waals surface area (Å²) >= 11 is 0. The molecule has 1 amide bonds. The molecule has 0 saturated carbocycles. The maximum Gasteiger partial charge on any atom is 0.223 e. The van der Waals surface area contributed by atoms with Gasteiger partial charge in [-0.3, -0.25) is 9.48 Å². The Bertz CT molecular complexity index is 883. The molecular formula is C20H23N5O. The predicted molar refractivity (Wildman–Crippen MR) is 98.8 cm³/mol. The van der Waals surface area contributed by atoms with Crippen LogP contribution in [0.2, 0.25) is 0 Å². The molecule has 1 fully saturated rings. The van der Waals surface area contributed by atoms with Gasteiger partial charge in [-0.05, 0) is 37.0 Å². The van der Waals surface area contributed by atoms with Gasteiger partial charge in [0.25, 0.3) is 0 Å². The van der Waals surface area contributed by atoms with E-state index in [1.807, 2.05) is 71.7 Å². The summed E-state index contributed by atoms with van der Waals surface area (Å²) in [6, 6.07) is 10.2. The Morgan fingerprint density at radius 1 is 1.15 bits per heavy atom. The minimum Gasteiger partial charge on any atom is -0.336 e. The number of likely N-dealkylation sites (tertiary alicyclic amines) is 1. The topological polar surface area (TPSA) is 56.0 Å². The van der Waals surface area contributed by atoms with E-state index in [2.05, 4.69) is 10.2 Å². The molecule has 0 aliphatic carbocycles. The molecule has 1 aliphatic rings. The van der Waals surface area contributed by atoms with E-state index >= 15 is 0 Å². The molecule has 3 aromatic rings. The summed E-state index contributed by atoms with van der Waals surface area (Å²) in [5, 5.41) is 8.66. The van der Waals surface area contributed by atoms with Crippen LogP contribution in [0.5, 0.6) is 0 Å². The third-order valence-corrected chi connectivity index (χ3v) is 4.97. The van der Waals surface area contributed by atoms with Crippen LogP contribution in [0.3, 0.4) is 0 Å². The minimum atomic E-state index is 0.170. The first-order valence-electron chi connectivity index (χ1n) is 9.08. The Kier molecular flexibility index (Phi) is 4.56. The van der Waals surface area contributed by atoms with Crippen molar-refractivity contribution in [2.24, 2.45) is 7.05 Å². The molecule has 0 N–H and O–H groups in total. The van der Waals surface area contributed by atoms with Gasteiger partial charge in [-0.2, -0.15) is 10.2 Å². The van der Waals surface area contributed by atoms with E-state index < -0.39 is 0 Å². The van der Waals surface area contributed by atoms with Gasteiger partial charge in [0, 0.05) is 38.0 Å². The number of rotatable bonds is 5. The fraction of sp³-hybridized carbons (Fsp3) is 0.350. The average Bonchev–Trinajstić information content (AvgIpc) is 3.40. The highest BCUT2D eigenvalue weighted by atomic mass is 16.2. The summed E-state index contributed by atoms with van der Waals surface area (Å²) in [6.07, 6.45) is 11.0. The van der Waals surface area contributed by atoms with Gasteiger partial charge >= 0.3 is 0 Å². The quantitative estimate of drug-likeness (QED) is 0.712. The third kappa shape index (κ3) is 3.40. The Hall–Kier alpha value is -2.89. The lowest BCUT2D eigenvalue weighted by atomic mass is 10.1. The van der Waals surface area contributed by atoms with E-state index in [0.717, 1.165) is 36.2 Å². The first-order chi connectivity index (χ1) is 12.7. The number of carbonyl (C=O) groups is 1. The molecule has 0 unspecified atom stereocenters. The second-order valence-corrected chi connectivity index (χ2v) is 6.82. The predicted octanol–water partition coefficient (Wildman–Crippen LogP) is 2.90. The lowest BCUT2D eigenvalue weighted by Crippen LogP contribution is -2.30. The van der Waals surface area contributed by atoms with Crippen molar-refractivity contribution in [3.05, 3.63) is 66.2 Å². The van der Waals surface area contributed by atoms with Gasteiger partial charge in [-0.1, -0.05) is 18.2 Å². The van der Waals surface area contributed by atoms with Crippen molar-refractivity contribution in [2.75, 3.05) is 6.54 Å². The number of carbonyl (C=O) groups excluding carboxylic acids is 1. The summed E-state index contributed by atoms with van der Waals surface area (Å²) in [5.41, 5.74) is 3.25. The molecule has 2 aromatic heterocycles. The van der Waals surface area contributed by atoms with Gasteiger partial charge < -0.3 is 4.90 Å². The molecule has 4 rings (SSSR count). The maximum absolute atomic E-state index is 12.8. The molecule has 1 aromatic carbocycles. The first kappa shape index (κ1) is 16.6. The molecule has 26 heavy (non-hydrogen) atoms. The number of para-hydroxylation sites is 1. The molecule has 6 nitrogen and oxygen atoms in total. The fourth-order valence-corrected chi connectivity index (χ4v) is 3.63. The van der Waals surface area contributed by atoms with Crippen LogP contribution in [0.1, 0.15) is 36.4 Å². The normalized spacial score (nSPS) is 17.0. The molecule has 134 valence electrons. The largest absolute Gasteiger partial charge is 0.336 e. The van der Waals surface area contributed by atoms with Crippen molar-refractivity contribution in [2.45, 2.75) is 31.7 Å². The Labute approximate surface area is 153 Å². The van der Waals surface area contributed by atoms with Crippen molar-refractivity contribution in [3.63, 3.8) is 0 Å². The second kappa shape index (κ2) is 7.15. The first-order valence-corrected chi connectivity index (χ1v) is 9.08. The summed E-state index contributed by atoms with van der Waals surface area (Å²) in [6.45, 7) is 0.835. The molecule has 1 aliphatic heterocycles. The van der Waals surface area contributed by atoms with Crippen LogP contribution in [0.25, 0.3) is 5.69 Å². The highest BCUT2D eigenvalue weighted by Crippen LogP contribution is 2.32. The molecule has 1 saturated heterocycles. The van der Waals surface area contributed by atoms with Crippen LogP contribution in [0, 0.1) is 0 Å². The smallest absolute Gasteiger partial charge is 0.223 e. The number of benzene rings is 1. The molecular weight excluding hydrogens is 326 g/mol. The number of aryl methyl sites for hydroxylation is 2. The van der Waals surface area contributed by atoms with Crippen molar-refractivity contribution >= 4 is 5.91 Å². The monoisotopic (exact) mass is 349 g/mol. The minimum absolute atomic E-state index is 0.170. The van der Waals surface area contributed by atoms with E-state index in [1.54, 1.807) is 4.68 Å². The van der Waals surface area contributed by atoms with E-state index in [1.165, 1.54) is 0 Å². The standard InChI is InChI=1S/C20H23N5O/c1-23-15-17(13-21-23)19-8-5-11-24(19)20(26)10-9-16-12-22-25(14-16)18-6-3-2-4-7-18/h2-4,6-7,12-15,19H,5,8-11H2,1H3/t19-/m1/s1. The second-order valence-electron chi connectivity index (χ2n) is 6.82. The van der Waals surface area contributed by atoms with E-state index in [9.17, 15) is 4.79 Å². The molecule has 1 atom stereocenters. The van der Waals surface area contributed by atoms with E-state index in [4.69, 9.17) is 0 Å². The van der Waals surface area contributed by atoms with Gasteiger partial charge in [0.05, 0.1) is 24.1 Å². The van der Waals surface area contributed by atoms with Crippen LogP contribution in [-0.4, -0.2) is 36.9 Å². The molecule has 0 bridgehead atoms. The maximum atomic E-state index is 12.8. The lowest BCUT2D eigenvalue weighted by molar-refractivity contribution is -0.132. The SMILES string of the molecule is Cn1cc([C@H]2CCCN2C(=O)CCc2cnn(-c3ccccc3)c2)cn1. The zero-order chi connectivity index (χ0) is 17.9. The number of aromatic nitrogens is 4. The molecule has 6 heteroatoms. The summed E-state index contributed by atoms with van der Waals surface area (Å²) in [5.74, 6) is 0.212. The summed E-state index contributed by atoms with van der Waals surface area (Å²) < 4.78 is 3.66. The number of hydrogen-bond acceptors (Lipinski definition) is 3. The molecule has 0 radical (unpaired) electrons. The van der Waals surface area contributed by atoms with Crippen LogP contribution >= 0.6 is 0 Å². The van der Waals surface area contributed by atoms with Gasteiger partial charge in [0.15, 0.2) is 0 Å². The van der Waals surface area contributed by atoms with Crippen LogP contribution in [-0.2, 0) is 18.3 Å². The third-order valence-electron chi connectivity index (χ3n) is 4.97. The zero-order valence-corrected chi connectivity index (χ0v) is 15.0. The molecule has 3 heterocycles. The number of nitrogens with zero attached hydrogens (tertiary/aromatic N) is 5. The fourth-order valence-electron chi connectivity index (χ4n) is 3.63. The van der Waals surface area contributed by atoms with Crippen molar-refractivity contribution in [1.29, 1.82) is 0 Å². The summed E-state index contributed by atoms with van der Waals surface area (Å²) in [7, 11) is 1.91. The van der Waals surface area contributed by atoms with Gasteiger partial charge in [0.2, 0.25) is 5.91 Å². The van der Waals surface area contributed by atoms with Crippen LogP contribution < -0.4 is 0 Å².